The Morgan fingerprint density at radius 2 is 2.27 bits per heavy atom. The lowest BCUT2D eigenvalue weighted by molar-refractivity contribution is 0.129. The molecular weight excluding hydrogens is 299 g/mol. The maximum atomic E-state index is 5.74. The highest BCUT2D eigenvalue weighted by molar-refractivity contribution is 9.13. The molecule has 1 heterocycles. The van der Waals surface area contributed by atoms with Gasteiger partial charge in [-0.15, -0.1) is 0 Å². The number of ether oxygens (including phenoxy) is 1. The number of nitrogens with zero attached hydrogens (tertiary/aromatic N) is 2. The summed E-state index contributed by atoms with van der Waals surface area (Å²) in [4.78, 5) is 3.95. The highest BCUT2D eigenvalue weighted by Crippen LogP contribution is 2.26. The maximum Gasteiger partial charge on any atom is 0.206 e. The van der Waals surface area contributed by atoms with Crippen molar-refractivity contribution in [2.45, 2.75) is 6.73 Å². The number of hydrogen-bond donors (Lipinski definition) is 0. The summed E-state index contributed by atoms with van der Waals surface area (Å²) >= 11 is 12.3. The minimum atomic E-state index is 0.387. The third-order valence-electron chi connectivity index (χ3n) is 1.08. The van der Waals surface area contributed by atoms with Crippen LogP contribution in [0.25, 0.3) is 0 Å². The molecule has 0 fully saturated rings. The van der Waals surface area contributed by atoms with E-state index in [0.29, 0.717) is 16.6 Å². The average molecular weight is 304 g/mol. The minimum Gasteiger partial charge on any atom is -0.364 e. The maximum absolute atomic E-state index is 5.74. The zero-order valence-electron chi connectivity index (χ0n) is 5.64. The van der Waals surface area contributed by atoms with Gasteiger partial charge in [-0.2, -0.15) is 0 Å². The van der Waals surface area contributed by atoms with Crippen molar-refractivity contribution in [2.75, 3.05) is 7.11 Å². The summed E-state index contributed by atoms with van der Waals surface area (Å²) in [5, 5.41) is 0.394. The molecule has 0 N–H and O–H groups in total. The Kier molecular flexibility index (Phi) is 3.36. The van der Waals surface area contributed by atoms with Crippen molar-refractivity contribution < 1.29 is 4.74 Å². The number of aromatic nitrogens is 2. The van der Waals surface area contributed by atoms with Gasteiger partial charge in [-0.1, -0.05) is 0 Å². The van der Waals surface area contributed by atoms with Gasteiger partial charge in [0, 0.05) is 7.11 Å². The third-order valence-corrected chi connectivity index (χ3v) is 3.26. The largest absolute Gasteiger partial charge is 0.364 e. The molecule has 1 aromatic rings. The van der Waals surface area contributed by atoms with Gasteiger partial charge in [-0.3, -0.25) is 4.57 Å². The first-order valence-electron chi connectivity index (χ1n) is 2.72. The smallest absolute Gasteiger partial charge is 0.206 e. The first-order chi connectivity index (χ1) is 5.16. The molecule has 0 unspecified atom stereocenters. The fraction of sp³-hybridized carbons (Fsp3) is 0.400. The molecule has 0 aliphatic heterocycles. The summed E-state index contributed by atoms with van der Waals surface area (Å²) in [7, 11) is 1.59. The lowest BCUT2D eigenvalue weighted by Crippen LogP contribution is -1.99. The summed E-state index contributed by atoms with van der Waals surface area (Å²) in [5.74, 6) is 0. The van der Waals surface area contributed by atoms with E-state index < -0.39 is 0 Å². The molecule has 6 heteroatoms. The van der Waals surface area contributed by atoms with E-state index in [4.69, 9.17) is 16.3 Å². The number of methoxy groups -OCH3 is 1. The van der Waals surface area contributed by atoms with E-state index in [-0.39, 0.29) is 0 Å². The van der Waals surface area contributed by atoms with Gasteiger partial charge in [0.2, 0.25) is 5.28 Å². The summed E-state index contributed by atoms with van der Waals surface area (Å²) in [5.41, 5.74) is 0. The van der Waals surface area contributed by atoms with E-state index in [1.54, 1.807) is 11.7 Å². The van der Waals surface area contributed by atoms with Crippen LogP contribution >= 0.6 is 43.5 Å². The van der Waals surface area contributed by atoms with Gasteiger partial charge >= 0.3 is 0 Å². The number of hydrogen-bond acceptors (Lipinski definition) is 2. The second-order valence-corrected chi connectivity index (χ2v) is 3.65. The highest BCUT2D eigenvalue weighted by Gasteiger charge is 2.10. The SMILES string of the molecule is COCn1c(Cl)nc(Br)c1Br. The summed E-state index contributed by atoms with van der Waals surface area (Å²) in [6, 6.07) is 0. The standard InChI is InChI=1S/C5H5Br2ClN2O/c1-11-2-10-4(7)3(6)9-5(10)8/h2H2,1H3. The van der Waals surface area contributed by atoms with Crippen LogP contribution in [-0.2, 0) is 11.5 Å². The fourth-order valence-electron chi connectivity index (χ4n) is 0.619. The normalized spacial score (nSPS) is 10.5. The monoisotopic (exact) mass is 302 g/mol. The quantitative estimate of drug-likeness (QED) is 0.840. The van der Waals surface area contributed by atoms with Crippen molar-refractivity contribution in [2.24, 2.45) is 0 Å². The molecule has 11 heavy (non-hydrogen) atoms. The van der Waals surface area contributed by atoms with Gasteiger partial charge in [0.1, 0.15) is 15.9 Å². The van der Waals surface area contributed by atoms with Crippen molar-refractivity contribution in [1.29, 1.82) is 0 Å². The van der Waals surface area contributed by atoms with Crippen molar-refractivity contribution in [3.05, 3.63) is 14.5 Å². The van der Waals surface area contributed by atoms with Crippen LogP contribution in [-0.4, -0.2) is 16.7 Å². The van der Waals surface area contributed by atoms with Crippen LogP contribution in [0.5, 0.6) is 0 Å². The van der Waals surface area contributed by atoms with Crippen LogP contribution in [0, 0.1) is 0 Å². The second-order valence-electron chi connectivity index (χ2n) is 1.81. The summed E-state index contributed by atoms with van der Waals surface area (Å²) in [6.45, 7) is 0.387. The molecule has 0 aliphatic carbocycles. The molecule has 62 valence electrons. The molecule has 0 atom stereocenters. The molecule has 3 nitrogen and oxygen atoms in total. The van der Waals surface area contributed by atoms with E-state index in [0.717, 1.165) is 4.60 Å². The van der Waals surface area contributed by atoms with Crippen LogP contribution in [0.15, 0.2) is 9.21 Å². The predicted octanol–water partition coefficient (Wildman–Crippen LogP) is 2.67. The van der Waals surface area contributed by atoms with E-state index in [1.165, 1.54) is 0 Å². The number of rotatable bonds is 2. The predicted molar refractivity (Wildman–Crippen MR) is 49.6 cm³/mol. The fourth-order valence-corrected chi connectivity index (χ4v) is 1.78. The zero-order valence-corrected chi connectivity index (χ0v) is 9.57. The van der Waals surface area contributed by atoms with Gasteiger partial charge < -0.3 is 4.74 Å². The molecular formula is C5H5Br2ClN2O. The van der Waals surface area contributed by atoms with Gasteiger partial charge in [0.25, 0.3) is 0 Å². The molecule has 0 saturated heterocycles. The molecule has 0 aromatic carbocycles. The zero-order chi connectivity index (χ0) is 8.43. The van der Waals surface area contributed by atoms with Crippen LogP contribution < -0.4 is 0 Å². The Labute approximate surface area is 86.0 Å². The Balaban J connectivity index is 3.02. The molecule has 0 saturated carbocycles. The molecule has 0 aliphatic rings. The van der Waals surface area contributed by atoms with Gasteiger partial charge in [0.15, 0.2) is 0 Å². The molecule has 0 radical (unpaired) electrons. The van der Waals surface area contributed by atoms with Crippen LogP contribution in [0.4, 0.5) is 0 Å². The molecule has 0 spiro atoms. The van der Waals surface area contributed by atoms with Gasteiger partial charge in [-0.25, -0.2) is 4.98 Å². The van der Waals surface area contributed by atoms with Gasteiger partial charge in [-0.05, 0) is 43.5 Å². The molecule has 0 amide bonds. The first kappa shape index (κ1) is 9.51. The van der Waals surface area contributed by atoms with E-state index in [1.807, 2.05) is 0 Å². The lowest BCUT2D eigenvalue weighted by Gasteiger charge is -2.01. The third kappa shape index (κ3) is 1.96. The van der Waals surface area contributed by atoms with Gasteiger partial charge in [0.05, 0.1) is 0 Å². The number of halogens is 3. The molecule has 1 aromatic heterocycles. The molecule has 0 bridgehead atoms. The highest BCUT2D eigenvalue weighted by atomic mass is 79.9. The van der Waals surface area contributed by atoms with E-state index >= 15 is 0 Å². The topological polar surface area (TPSA) is 27.1 Å². The summed E-state index contributed by atoms with van der Waals surface area (Å²) < 4.78 is 8.04. The van der Waals surface area contributed by atoms with Crippen molar-refractivity contribution >= 4 is 43.5 Å². The Morgan fingerprint density at radius 1 is 1.64 bits per heavy atom. The van der Waals surface area contributed by atoms with Crippen LogP contribution in [0.1, 0.15) is 0 Å². The van der Waals surface area contributed by atoms with Crippen molar-refractivity contribution in [3.8, 4) is 0 Å². The summed E-state index contributed by atoms with van der Waals surface area (Å²) in [6.07, 6.45) is 0. The van der Waals surface area contributed by atoms with E-state index in [9.17, 15) is 0 Å². The average Bonchev–Trinajstić information content (AvgIpc) is 2.17. The Bertz CT molecular complexity index is 263. The van der Waals surface area contributed by atoms with Crippen LogP contribution in [0.3, 0.4) is 0 Å². The lowest BCUT2D eigenvalue weighted by atomic mass is 10.9. The molecule has 1 rings (SSSR count). The first-order valence-corrected chi connectivity index (χ1v) is 4.69. The number of imidazole rings is 1. The Morgan fingerprint density at radius 3 is 2.64 bits per heavy atom. The second kappa shape index (κ2) is 3.89. The van der Waals surface area contributed by atoms with Crippen molar-refractivity contribution in [3.63, 3.8) is 0 Å². The van der Waals surface area contributed by atoms with Crippen molar-refractivity contribution in [1.82, 2.24) is 9.55 Å². The van der Waals surface area contributed by atoms with Crippen LogP contribution in [0.2, 0.25) is 5.28 Å². The minimum absolute atomic E-state index is 0.387. The Hall–Kier alpha value is 0.420. The van der Waals surface area contributed by atoms with E-state index in [2.05, 4.69) is 36.8 Å².